The van der Waals surface area contributed by atoms with E-state index >= 15 is 0 Å². The Morgan fingerprint density at radius 1 is 1.53 bits per heavy atom. The van der Waals surface area contributed by atoms with Crippen LogP contribution in [0.5, 0.6) is 0 Å². The molecule has 2 radical (unpaired) electrons. The summed E-state index contributed by atoms with van der Waals surface area (Å²) in [7, 11) is 7.54. The normalized spacial score (nSPS) is 18.3. The number of nitrogens with zero attached hydrogens (tertiary/aromatic N) is 2. The van der Waals surface area contributed by atoms with Gasteiger partial charge in [0.15, 0.2) is 0 Å². The van der Waals surface area contributed by atoms with Crippen LogP contribution in [-0.2, 0) is 4.74 Å². The van der Waals surface area contributed by atoms with Crippen LogP contribution < -0.4 is 10.6 Å². The highest BCUT2D eigenvalue weighted by Crippen LogP contribution is 2.27. The van der Waals surface area contributed by atoms with E-state index in [1.165, 1.54) is 0 Å². The summed E-state index contributed by atoms with van der Waals surface area (Å²) in [4.78, 5) is 8.26. The third kappa shape index (κ3) is 3.39. The fraction of sp³-hybridized carbons (Fsp3) is 0.500. The van der Waals surface area contributed by atoms with Gasteiger partial charge in [0.1, 0.15) is 19.5 Å². The van der Waals surface area contributed by atoms with Gasteiger partial charge in [-0.25, -0.2) is 9.97 Å². The maximum absolute atomic E-state index is 5.90. The van der Waals surface area contributed by atoms with Crippen molar-refractivity contribution in [1.29, 1.82) is 0 Å². The molecule has 0 aromatic carbocycles. The quantitative estimate of drug-likeness (QED) is 0.636. The predicted molar refractivity (Wildman–Crippen MR) is 78.8 cm³/mol. The molecule has 5 nitrogen and oxygen atoms in total. The summed E-state index contributed by atoms with van der Waals surface area (Å²) in [6.45, 7) is 5.23. The number of rotatable bonds is 5. The van der Waals surface area contributed by atoms with Gasteiger partial charge < -0.3 is 15.4 Å². The number of aromatic nitrogens is 2. The van der Waals surface area contributed by atoms with E-state index in [9.17, 15) is 0 Å². The van der Waals surface area contributed by atoms with Crippen LogP contribution >= 0.6 is 11.6 Å². The van der Waals surface area contributed by atoms with Gasteiger partial charge in [0.25, 0.3) is 0 Å². The number of hydrogen-bond donors (Lipinski definition) is 2. The second-order valence-electron chi connectivity index (χ2n) is 4.36. The van der Waals surface area contributed by atoms with Gasteiger partial charge in [0.05, 0.1) is 11.7 Å². The summed E-state index contributed by atoms with van der Waals surface area (Å²) in [6, 6.07) is 0. The van der Waals surface area contributed by atoms with Crippen LogP contribution in [0.15, 0.2) is 6.58 Å². The average Bonchev–Trinajstić information content (AvgIpc) is 2.88. The lowest BCUT2D eigenvalue weighted by Crippen LogP contribution is -2.20. The molecule has 0 bridgehead atoms. The Kier molecular flexibility index (Phi) is 4.66. The Balaban J connectivity index is 2.21. The first-order valence-corrected chi connectivity index (χ1v) is 6.55. The molecule has 1 fully saturated rings. The molecule has 1 atom stereocenters. The van der Waals surface area contributed by atoms with Crippen molar-refractivity contribution in [3.63, 3.8) is 0 Å². The minimum absolute atomic E-state index is 0.157. The standard InChI is InChI=1S/C12H16BClN4O/c1-7(13)9-10(15-2)17-12(14)18-11(9)16-6-8-4-3-5-19-8/h8H,1,3-6H2,2H3,(H2,15,16,17,18). The van der Waals surface area contributed by atoms with Gasteiger partial charge in [0.2, 0.25) is 5.28 Å². The number of ether oxygens (including phenoxy) is 1. The minimum atomic E-state index is 0.157. The number of nitrogens with one attached hydrogen (secondary N) is 2. The summed E-state index contributed by atoms with van der Waals surface area (Å²) in [5, 5.41) is 6.31. The van der Waals surface area contributed by atoms with Crippen molar-refractivity contribution < 1.29 is 4.74 Å². The lowest BCUT2D eigenvalue weighted by atomic mass is 9.90. The van der Waals surface area contributed by atoms with Gasteiger partial charge in [-0.15, -0.1) is 6.58 Å². The van der Waals surface area contributed by atoms with Crippen LogP contribution in [-0.4, -0.2) is 44.1 Å². The van der Waals surface area contributed by atoms with E-state index < -0.39 is 0 Å². The Hall–Kier alpha value is -1.27. The molecule has 7 heteroatoms. The Morgan fingerprint density at radius 2 is 2.26 bits per heavy atom. The van der Waals surface area contributed by atoms with Crippen molar-refractivity contribution in [2.75, 3.05) is 30.8 Å². The molecule has 2 N–H and O–H groups in total. The van der Waals surface area contributed by atoms with Crippen molar-refractivity contribution in [1.82, 2.24) is 9.97 Å². The Morgan fingerprint density at radius 3 is 2.84 bits per heavy atom. The van der Waals surface area contributed by atoms with E-state index in [-0.39, 0.29) is 11.4 Å². The molecule has 1 unspecified atom stereocenters. The molecule has 0 spiro atoms. The summed E-state index contributed by atoms with van der Waals surface area (Å²) in [5.74, 6) is 1.13. The van der Waals surface area contributed by atoms with Gasteiger partial charge >= 0.3 is 0 Å². The molecule has 1 saturated heterocycles. The summed E-state index contributed by atoms with van der Waals surface area (Å²) < 4.78 is 5.55. The van der Waals surface area contributed by atoms with E-state index in [0.29, 0.717) is 29.2 Å². The third-order valence-corrected chi connectivity index (χ3v) is 3.13. The summed E-state index contributed by atoms with van der Waals surface area (Å²) in [5.41, 5.74) is 1.03. The zero-order chi connectivity index (χ0) is 13.8. The largest absolute Gasteiger partial charge is 0.376 e. The molecule has 1 aliphatic heterocycles. The monoisotopic (exact) mass is 278 g/mol. The second kappa shape index (κ2) is 6.26. The van der Waals surface area contributed by atoms with Gasteiger partial charge in [-0.3, -0.25) is 0 Å². The van der Waals surface area contributed by atoms with E-state index in [2.05, 4.69) is 27.2 Å². The first kappa shape index (κ1) is 14.2. The molecule has 2 rings (SSSR count). The zero-order valence-corrected chi connectivity index (χ0v) is 11.6. The average molecular weight is 279 g/mol. The molecule has 1 aromatic rings. The number of hydrogen-bond acceptors (Lipinski definition) is 5. The summed E-state index contributed by atoms with van der Waals surface area (Å²) >= 11 is 5.90. The topological polar surface area (TPSA) is 59.1 Å². The molecular weight excluding hydrogens is 262 g/mol. The van der Waals surface area contributed by atoms with Crippen LogP contribution in [0.3, 0.4) is 0 Å². The van der Waals surface area contributed by atoms with E-state index in [0.717, 1.165) is 19.4 Å². The van der Waals surface area contributed by atoms with Gasteiger partial charge in [-0.1, -0.05) is 5.47 Å². The molecule has 1 aromatic heterocycles. The lowest BCUT2D eigenvalue weighted by molar-refractivity contribution is 0.120. The van der Waals surface area contributed by atoms with Crippen molar-refractivity contribution in [3.05, 3.63) is 17.4 Å². The van der Waals surface area contributed by atoms with Crippen molar-refractivity contribution in [2.24, 2.45) is 0 Å². The second-order valence-corrected chi connectivity index (χ2v) is 4.69. The van der Waals surface area contributed by atoms with Crippen molar-refractivity contribution in [3.8, 4) is 0 Å². The van der Waals surface area contributed by atoms with Gasteiger partial charge in [-0.05, 0) is 24.4 Å². The molecule has 100 valence electrons. The molecule has 2 heterocycles. The number of halogens is 1. The third-order valence-electron chi connectivity index (χ3n) is 2.96. The van der Waals surface area contributed by atoms with Crippen LogP contribution in [0, 0.1) is 0 Å². The van der Waals surface area contributed by atoms with E-state index in [1.54, 1.807) is 7.05 Å². The Labute approximate surface area is 119 Å². The van der Waals surface area contributed by atoms with Gasteiger partial charge in [0, 0.05) is 20.2 Å². The van der Waals surface area contributed by atoms with Crippen LogP contribution in [0.4, 0.5) is 11.6 Å². The maximum Gasteiger partial charge on any atom is 0.226 e. The highest BCUT2D eigenvalue weighted by atomic mass is 35.5. The fourth-order valence-electron chi connectivity index (χ4n) is 2.06. The zero-order valence-electron chi connectivity index (χ0n) is 10.9. The highest BCUT2D eigenvalue weighted by molar-refractivity contribution is 6.43. The van der Waals surface area contributed by atoms with Crippen LogP contribution in [0.25, 0.3) is 5.47 Å². The predicted octanol–water partition coefficient (Wildman–Crippen LogP) is 1.90. The SMILES string of the molecule is [B]C(=C)c1c(NC)nc(Cl)nc1NCC1CCCO1. The Bertz CT molecular complexity index is 477. The first-order valence-electron chi connectivity index (χ1n) is 6.17. The van der Waals surface area contributed by atoms with E-state index in [1.807, 2.05) is 0 Å². The molecule has 19 heavy (non-hydrogen) atoms. The van der Waals surface area contributed by atoms with E-state index in [4.69, 9.17) is 24.2 Å². The van der Waals surface area contributed by atoms with Crippen molar-refractivity contribution >= 4 is 36.6 Å². The van der Waals surface area contributed by atoms with Gasteiger partial charge in [-0.2, -0.15) is 0 Å². The number of anilines is 2. The molecule has 0 amide bonds. The molecular formula is C12H16BClN4O. The molecule has 0 aliphatic carbocycles. The van der Waals surface area contributed by atoms with Crippen LogP contribution in [0.1, 0.15) is 18.4 Å². The first-order chi connectivity index (χ1) is 9.11. The molecule has 1 aliphatic rings. The maximum atomic E-state index is 5.90. The lowest BCUT2D eigenvalue weighted by Gasteiger charge is -2.17. The highest BCUT2D eigenvalue weighted by Gasteiger charge is 2.18. The van der Waals surface area contributed by atoms with Crippen LogP contribution in [0.2, 0.25) is 5.28 Å². The molecule has 0 saturated carbocycles. The van der Waals surface area contributed by atoms with Crippen molar-refractivity contribution in [2.45, 2.75) is 18.9 Å². The minimum Gasteiger partial charge on any atom is -0.376 e. The fourth-order valence-corrected chi connectivity index (χ4v) is 2.23. The summed E-state index contributed by atoms with van der Waals surface area (Å²) in [6.07, 6.45) is 2.34. The smallest absolute Gasteiger partial charge is 0.226 e.